The lowest BCUT2D eigenvalue weighted by Crippen LogP contribution is -2.23. The van der Waals surface area contributed by atoms with Crippen LogP contribution in [0, 0.1) is 5.92 Å². The standard InChI is InChI=1S/C16H21NO2/c1-12(2)19-15-10-8-14(9-11-15)17-16(18)13-6-4-3-5-7-13/h3-4,8-13H,5-7H2,1-2H3,(H,17,18)/t13-/m1/s1. The number of benzene rings is 1. The van der Waals surface area contributed by atoms with E-state index in [0.717, 1.165) is 30.7 Å². The topological polar surface area (TPSA) is 38.3 Å². The van der Waals surface area contributed by atoms with Crippen molar-refractivity contribution in [3.8, 4) is 5.75 Å². The van der Waals surface area contributed by atoms with Crippen molar-refractivity contribution in [1.29, 1.82) is 0 Å². The second-order valence-electron chi connectivity index (χ2n) is 5.16. The lowest BCUT2D eigenvalue weighted by Gasteiger charge is -2.17. The first-order chi connectivity index (χ1) is 9.15. The van der Waals surface area contributed by atoms with Crippen molar-refractivity contribution in [2.24, 2.45) is 5.92 Å². The minimum Gasteiger partial charge on any atom is -0.491 e. The van der Waals surface area contributed by atoms with E-state index < -0.39 is 0 Å². The van der Waals surface area contributed by atoms with Crippen molar-refractivity contribution >= 4 is 11.6 Å². The summed E-state index contributed by atoms with van der Waals surface area (Å²) in [6, 6.07) is 7.54. The van der Waals surface area contributed by atoms with E-state index in [9.17, 15) is 4.79 Å². The van der Waals surface area contributed by atoms with Gasteiger partial charge in [-0.15, -0.1) is 0 Å². The van der Waals surface area contributed by atoms with E-state index in [2.05, 4.69) is 17.5 Å². The first-order valence-electron chi connectivity index (χ1n) is 6.88. The van der Waals surface area contributed by atoms with E-state index in [-0.39, 0.29) is 17.9 Å². The molecule has 19 heavy (non-hydrogen) atoms. The third kappa shape index (κ3) is 4.12. The van der Waals surface area contributed by atoms with Gasteiger partial charge in [0.15, 0.2) is 0 Å². The summed E-state index contributed by atoms with van der Waals surface area (Å²) in [4.78, 5) is 12.1. The Morgan fingerprint density at radius 3 is 2.58 bits per heavy atom. The summed E-state index contributed by atoms with van der Waals surface area (Å²) in [7, 11) is 0. The number of amides is 1. The molecule has 1 N–H and O–H groups in total. The van der Waals surface area contributed by atoms with Crippen LogP contribution < -0.4 is 10.1 Å². The molecule has 1 aromatic carbocycles. The van der Waals surface area contributed by atoms with Crippen molar-refractivity contribution in [3.63, 3.8) is 0 Å². The lowest BCUT2D eigenvalue weighted by atomic mass is 9.93. The van der Waals surface area contributed by atoms with Crippen molar-refractivity contribution in [2.45, 2.75) is 39.2 Å². The van der Waals surface area contributed by atoms with Crippen molar-refractivity contribution in [2.75, 3.05) is 5.32 Å². The number of nitrogens with one attached hydrogen (secondary N) is 1. The van der Waals surface area contributed by atoms with Gasteiger partial charge in [-0.3, -0.25) is 4.79 Å². The first kappa shape index (κ1) is 13.7. The number of hydrogen-bond acceptors (Lipinski definition) is 2. The maximum atomic E-state index is 12.1. The summed E-state index contributed by atoms with van der Waals surface area (Å²) in [5, 5.41) is 2.96. The SMILES string of the molecule is CC(C)Oc1ccc(NC(=O)[C@@H]2CC=CCC2)cc1. The highest BCUT2D eigenvalue weighted by Gasteiger charge is 2.18. The largest absolute Gasteiger partial charge is 0.491 e. The minimum atomic E-state index is 0.108. The van der Waals surface area contributed by atoms with E-state index >= 15 is 0 Å². The Morgan fingerprint density at radius 2 is 2.00 bits per heavy atom. The van der Waals surface area contributed by atoms with Gasteiger partial charge in [0.05, 0.1) is 6.10 Å². The number of rotatable bonds is 4. The number of ether oxygens (including phenoxy) is 1. The molecule has 0 spiro atoms. The van der Waals surface area contributed by atoms with Gasteiger partial charge in [-0.25, -0.2) is 0 Å². The Kier molecular flexibility index (Phi) is 4.61. The summed E-state index contributed by atoms with van der Waals surface area (Å²) in [6.07, 6.45) is 7.18. The average molecular weight is 259 g/mol. The van der Waals surface area contributed by atoms with Gasteiger partial charge in [0.25, 0.3) is 0 Å². The number of carbonyl (C=O) groups excluding carboxylic acids is 1. The first-order valence-corrected chi connectivity index (χ1v) is 6.88. The Labute approximate surface area is 114 Å². The van der Waals surface area contributed by atoms with Crippen molar-refractivity contribution in [1.82, 2.24) is 0 Å². The van der Waals surface area contributed by atoms with E-state index in [1.165, 1.54) is 0 Å². The highest BCUT2D eigenvalue weighted by Crippen LogP contribution is 2.21. The minimum absolute atomic E-state index is 0.108. The molecule has 1 aliphatic rings. The maximum Gasteiger partial charge on any atom is 0.227 e. The van der Waals surface area contributed by atoms with E-state index in [1.807, 2.05) is 38.1 Å². The van der Waals surface area contributed by atoms with Gasteiger partial charge in [0.1, 0.15) is 5.75 Å². The molecule has 102 valence electrons. The van der Waals surface area contributed by atoms with Crippen LogP contribution in [0.1, 0.15) is 33.1 Å². The molecule has 1 aromatic rings. The molecule has 2 rings (SSSR count). The van der Waals surface area contributed by atoms with Crippen LogP contribution in [0.25, 0.3) is 0 Å². The smallest absolute Gasteiger partial charge is 0.227 e. The van der Waals surface area contributed by atoms with Gasteiger partial charge in [-0.1, -0.05) is 12.2 Å². The Bertz CT molecular complexity index is 448. The van der Waals surface area contributed by atoms with Crippen LogP contribution in [0.3, 0.4) is 0 Å². The van der Waals surface area contributed by atoms with Crippen LogP contribution in [-0.4, -0.2) is 12.0 Å². The Balaban J connectivity index is 1.91. The average Bonchev–Trinajstić information content (AvgIpc) is 2.41. The van der Waals surface area contributed by atoms with Crippen LogP contribution in [0.4, 0.5) is 5.69 Å². The third-order valence-corrected chi connectivity index (χ3v) is 3.13. The van der Waals surface area contributed by atoms with Crippen LogP contribution >= 0.6 is 0 Å². The van der Waals surface area contributed by atoms with E-state index in [0.29, 0.717) is 0 Å². The van der Waals surface area contributed by atoms with Crippen molar-refractivity contribution in [3.05, 3.63) is 36.4 Å². The lowest BCUT2D eigenvalue weighted by molar-refractivity contribution is -0.120. The monoisotopic (exact) mass is 259 g/mol. The fraction of sp³-hybridized carbons (Fsp3) is 0.438. The van der Waals surface area contributed by atoms with Gasteiger partial charge < -0.3 is 10.1 Å². The zero-order valence-corrected chi connectivity index (χ0v) is 11.6. The van der Waals surface area contributed by atoms with Crippen LogP contribution in [0.15, 0.2) is 36.4 Å². The molecule has 0 heterocycles. The molecule has 3 nitrogen and oxygen atoms in total. The molecule has 3 heteroatoms. The molecule has 0 aliphatic heterocycles. The normalized spacial score (nSPS) is 18.4. The molecule has 0 unspecified atom stereocenters. The number of allylic oxidation sites excluding steroid dienone is 2. The molecule has 0 bridgehead atoms. The quantitative estimate of drug-likeness (QED) is 0.836. The predicted molar refractivity (Wildman–Crippen MR) is 77.3 cm³/mol. The molecule has 0 fully saturated rings. The predicted octanol–water partition coefficient (Wildman–Crippen LogP) is 3.77. The van der Waals surface area contributed by atoms with Crippen LogP contribution in [0.5, 0.6) is 5.75 Å². The van der Waals surface area contributed by atoms with Gasteiger partial charge in [-0.2, -0.15) is 0 Å². The second-order valence-corrected chi connectivity index (χ2v) is 5.16. The van der Waals surface area contributed by atoms with E-state index in [4.69, 9.17) is 4.74 Å². The Morgan fingerprint density at radius 1 is 1.26 bits per heavy atom. The number of hydrogen-bond donors (Lipinski definition) is 1. The van der Waals surface area contributed by atoms with Crippen molar-refractivity contribution < 1.29 is 9.53 Å². The second kappa shape index (κ2) is 6.41. The summed E-state index contributed by atoms with van der Waals surface area (Å²) >= 11 is 0. The Hall–Kier alpha value is -1.77. The van der Waals surface area contributed by atoms with Crippen LogP contribution in [-0.2, 0) is 4.79 Å². The van der Waals surface area contributed by atoms with Gasteiger partial charge in [0.2, 0.25) is 5.91 Å². The zero-order chi connectivity index (χ0) is 13.7. The number of anilines is 1. The molecule has 0 saturated heterocycles. The molecule has 1 aliphatic carbocycles. The third-order valence-electron chi connectivity index (χ3n) is 3.13. The highest BCUT2D eigenvalue weighted by atomic mass is 16.5. The number of carbonyl (C=O) groups is 1. The van der Waals surface area contributed by atoms with Crippen LogP contribution in [0.2, 0.25) is 0 Å². The zero-order valence-electron chi connectivity index (χ0n) is 11.6. The molecule has 0 aromatic heterocycles. The van der Waals surface area contributed by atoms with Gasteiger partial charge >= 0.3 is 0 Å². The molecule has 1 atom stereocenters. The van der Waals surface area contributed by atoms with Gasteiger partial charge in [-0.05, 0) is 57.4 Å². The molecule has 0 saturated carbocycles. The molecular weight excluding hydrogens is 238 g/mol. The fourth-order valence-electron chi connectivity index (χ4n) is 2.17. The molecule has 0 radical (unpaired) electrons. The highest BCUT2D eigenvalue weighted by molar-refractivity contribution is 5.92. The van der Waals surface area contributed by atoms with Gasteiger partial charge in [0, 0.05) is 11.6 Å². The molecular formula is C16H21NO2. The summed E-state index contributed by atoms with van der Waals surface area (Å²) in [5.41, 5.74) is 0.829. The summed E-state index contributed by atoms with van der Waals surface area (Å²) in [5.74, 6) is 1.05. The summed E-state index contributed by atoms with van der Waals surface area (Å²) in [6.45, 7) is 3.98. The fourth-order valence-corrected chi connectivity index (χ4v) is 2.17. The molecule has 1 amide bonds. The van der Waals surface area contributed by atoms with E-state index in [1.54, 1.807) is 0 Å². The maximum absolute atomic E-state index is 12.1. The summed E-state index contributed by atoms with van der Waals surface area (Å²) < 4.78 is 5.57.